The van der Waals surface area contributed by atoms with Crippen molar-refractivity contribution >= 4 is 17.5 Å². The van der Waals surface area contributed by atoms with Gasteiger partial charge in [-0.25, -0.2) is 4.98 Å². The first kappa shape index (κ1) is 14.3. The average molecular weight is 277 g/mol. The normalized spacial score (nSPS) is 18.5. The zero-order valence-corrected chi connectivity index (χ0v) is 11.8. The fraction of sp³-hybridized carbons (Fsp3) is 0.500. The number of rotatable bonds is 6. The van der Waals surface area contributed by atoms with Crippen LogP contribution in [0.4, 0.5) is 5.69 Å². The van der Waals surface area contributed by atoms with Crippen LogP contribution in [0.3, 0.4) is 0 Å². The standard InChI is InChI=1S/C14H19N3O3/c1-3-7-17-13(18)8-11(14(17)19)16-10-5-6-12(15-9-10)20-4-2/h5-6,9,11,16H,3-4,7-8H2,1-2H3. The molecular formula is C14H19N3O3. The minimum Gasteiger partial charge on any atom is -0.478 e. The van der Waals surface area contributed by atoms with E-state index in [4.69, 9.17) is 4.74 Å². The molecule has 6 nitrogen and oxygen atoms in total. The lowest BCUT2D eigenvalue weighted by Gasteiger charge is -2.15. The zero-order valence-electron chi connectivity index (χ0n) is 11.8. The van der Waals surface area contributed by atoms with Crippen LogP contribution in [-0.4, -0.2) is 40.9 Å². The lowest BCUT2D eigenvalue weighted by molar-refractivity contribution is -0.138. The van der Waals surface area contributed by atoms with Crippen LogP contribution < -0.4 is 10.1 Å². The van der Waals surface area contributed by atoms with Crippen LogP contribution in [0, 0.1) is 0 Å². The third-order valence-electron chi connectivity index (χ3n) is 3.06. The molecule has 1 fully saturated rings. The lowest BCUT2D eigenvalue weighted by atomic mass is 10.2. The van der Waals surface area contributed by atoms with Gasteiger partial charge in [-0.15, -0.1) is 0 Å². The van der Waals surface area contributed by atoms with Crippen LogP contribution in [-0.2, 0) is 9.59 Å². The molecule has 20 heavy (non-hydrogen) atoms. The Morgan fingerprint density at radius 3 is 2.80 bits per heavy atom. The number of likely N-dealkylation sites (tertiary alicyclic amines) is 1. The van der Waals surface area contributed by atoms with Gasteiger partial charge in [-0.3, -0.25) is 14.5 Å². The van der Waals surface area contributed by atoms with Gasteiger partial charge in [-0.05, 0) is 19.4 Å². The van der Waals surface area contributed by atoms with E-state index in [2.05, 4.69) is 10.3 Å². The minimum atomic E-state index is -0.492. The van der Waals surface area contributed by atoms with Crippen molar-refractivity contribution in [3.63, 3.8) is 0 Å². The molecule has 0 radical (unpaired) electrons. The summed E-state index contributed by atoms with van der Waals surface area (Å²) in [5.41, 5.74) is 0.706. The number of imide groups is 1. The van der Waals surface area contributed by atoms with Gasteiger partial charge in [0.1, 0.15) is 6.04 Å². The first-order valence-corrected chi connectivity index (χ1v) is 6.85. The first-order valence-electron chi connectivity index (χ1n) is 6.85. The molecule has 108 valence electrons. The second-order valence-corrected chi connectivity index (χ2v) is 4.60. The van der Waals surface area contributed by atoms with Crippen molar-refractivity contribution in [3.05, 3.63) is 18.3 Å². The third kappa shape index (κ3) is 3.07. The van der Waals surface area contributed by atoms with E-state index in [9.17, 15) is 9.59 Å². The van der Waals surface area contributed by atoms with Crippen LogP contribution in [0.1, 0.15) is 26.7 Å². The molecule has 2 rings (SSSR count). The Morgan fingerprint density at radius 1 is 1.40 bits per heavy atom. The molecule has 0 aliphatic carbocycles. The molecule has 0 spiro atoms. The molecule has 0 saturated carbocycles. The quantitative estimate of drug-likeness (QED) is 0.796. The van der Waals surface area contributed by atoms with Gasteiger partial charge in [-0.2, -0.15) is 0 Å². The highest BCUT2D eigenvalue weighted by Crippen LogP contribution is 2.19. The SMILES string of the molecule is CCCN1C(=O)CC(Nc2ccc(OCC)nc2)C1=O. The summed E-state index contributed by atoms with van der Waals surface area (Å²) in [5.74, 6) is 0.262. The molecule has 1 atom stereocenters. The molecule has 0 aromatic carbocycles. The van der Waals surface area contributed by atoms with E-state index in [0.717, 1.165) is 6.42 Å². The fourth-order valence-electron chi connectivity index (χ4n) is 2.15. The van der Waals surface area contributed by atoms with Crippen LogP contribution in [0.25, 0.3) is 0 Å². The number of amides is 2. The van der Waals surface area contributed by atoms with Crippen molar-refractivity contribution in [2.45, 2.75) is 32.7 Å². The largest absolute Gasteiger partial charge is 0.478 e. The van der Waals surface area contributed by atoms with Gasteiger partial charge in [0.25, 0.3) is 5.91 Å². The Hall–Kier alpha value is -2.11. The second-order valence-electron chi connectivity index (χ2n) is 4.60. The topological polar surface area (TPSA) is 71.5 Å². The van der Waals surface area contributed by atoms with Crippen LogP contribution in [0.5, 0.6) is 5.88 Å². The average Bonchev–Trinajstić information content (AvgIpc) is 2.69. The van der Waals surface area contributed by atoms with Gasteiger partial charge in [-0.1, -0.05) is 6.92 Å². The van der Waals surface area contributed by atoms with Gasteiger partial charge in [0, 0.05) is 12.6 Å². The lowest BCUT2D eigenvalue weighted by Crippen LogP contribution is -2.35. The van der Waals surface area contributed by atoms with Crippen molar-refractivity contribution in [2.24, 2.45) is 0 Å². The molecular weight excluding hydrogens is 258 g/mol. The first-order chi connectivity index (χ1) is 9.65. The number of ether oxygens (including phenoxy) is 1. The molecule has 1 N–H and O–H groups in total. The summed E-state index contributed by atoms with van der Waals surface area (Å²) in [6.07, 6.45) is 2.58. The summed E-state index contributed by atoms with van der Waals surface area (Å²) < 4.78 is 5.25. The molecule has 1 aromatic heterocycles. The van der Waals surface area contributed by atoms with Crippen molar-refractivity contribution in [3.8, 4) is 5.88 Å². The predicted molar refractivity (Wildman–Crippen MR) is 74.4 cm³/mol. The van der Waals surface area contributed by atoms with E-state index in [1.54, 1.807) is 18.3 Å². The highest BCUT2D eigenvalue weighted by molar-refractivity contribution is 6.06. The molecule has 6 heteroatoms. The molecule has 1 unspecified atom stereocenters. The monoisotopic (exact) mass is 277 g/mol. The van der Waals surface area contributed by atoms with Crippen LogP contribution in [0.15, 0.2) is 18.3 Å². The van der Waals surface area contributed by atoms with E-state index in [1.165, 1.54) is 4.90 Å². The highest BCUT2D eigenvalue weighted by atomic mass is 16.5. The molecule has 2 amide bonds. The Kier molecular flexibility index (Phi) is 4.55. The minimum absolute atomic E-state index is 0.117. The Bertz CT molecular complexity index is 487. The predicted octanol–water partition coefficient (Wildman–Crippen LogP) is 1.43. The molecule has 1 saturated heterocycles. The maximum absolute atomic E-state index is 12.1. The van der Waals surface area contributed by atoms with Gasteiger partial charge in [0.15, 0.2) is 0 Å². The van der Waals surface area contributed by atoms with Gasteiger partial charge in [0.05, 0.1) is 24.9 Å². The van der Waals surface area contributed by atoms with Crippen LogP contribution >= 0.6 is 0 Å². The summed E-state index contributed by atoms with van der Waals surface area (Å²) in [7, 11) is 0. The summed E-state index contributed by atoms with van der Waals surface area (Å²) in [4.78, 5) is 29.3. The Morgan fingerprint density at radius 2 is 2.20 bits per heavy atom. The number of hydrogen-bond donors (Lipinski definition) is 1. The van der Waals surface area contributed by atoms with Crippen molar-refractivity contribution < 1.29 is 14.3 Å². The maximum Gasteiger partial charge on any atom is 0.252 e. The molecule has 1 aliphatic heterocycles. The summed E-state index contributed by atoms with van der Waals surface area (Å²) in [6.45, 7) is 4.87. The van der Waals surface area contributed by atoms with Crippen molar-refractivity contribution in [2.75, 3.05) is 18.5 Å². The second kappa shape index (κ2) is 6.36. The zero-order chi connectivity index (χ0) is 14.5. The van der Waals surface area contributed by atoms with E-state index >= 15 is 0 Å². The third-order valence-corrected chi connectivity index (χ3v) is 3.06. The van der Waals surface area contributed by atoms with Gasteiger partial charge < -0.3 is 10.1 Å². The number of nitrogens with one attached hydrogen (secondary N) is 1. The highest BCUT2D eigenvalue weighted by Gasteiger charge is 2.37. The van der Waals surface area contributed by atoms with Crippen molar-refractivity contribution in [1.29, 1.82) is 0 Å². The van der Waals surface area contributed by atoms with Gasteiger partial charge >= 0.3 is 0 Å². The smallest absolute Gasteiger partial charge is 0.252 e. The van der Waals surface area contributed by atoms with E-state index in [0.29, 0.717) is 24.7 Å². The molecule has 1 aromatic rings. The fourth-order valence-corrected chi connectivity index (χ4v) is 2.15. The number of hydrogen-bond acceptors (Lipinski definition) is 5. The number of aromatic nitrogens is 1. The number of carbonyl (C=O) groups is 2. The molecule has 2 heterocycles. The Balaban J connectivity index is 2.00. The summed E-state index contributed by atoms with van der Waals surface area (Å²) in [6, 6.07) is 3.03. The number of pyridine rings is 1. The summed E-state index contributed by atoms with van der Waals surface area (Å²) >= 11 is 0. The van der Waals surface area contributed by atoms with E-state index in [-0.39, 0.29) is 18.2 Å². The van der Waals surface area contributed by atoms with Gasteiger partial charge in [0.2, 0.25) is 11.8 Å². The number of anilines is 1. The van der Waals surface area contributed by atoms with Crippen LogP contribution in [0.2, 0.25) is 0 Å². The van der Waals surface area contributed by atoms with Crippen molar-refractivity contribution in [1.82, 2.24) is 9.88 Å². The summed E-state index contributed by atoms with van der Waals surface area (Å²) in [5, 5.41) is 3.05. The van der Waals surface area contributed by atoms with E-state index < -0.39 is 6.04 Å². The molecule has 1 aliphatic rings. The van der Waals surface area contributed by atoms with E-state index in [1.807, 2.05) is 13.8 Å². The number of nitrogens with zero attached hydrogens (tertiary/aromatic N) is 2. The maximum atomic E-state index is 12.1. The molecule has 0 bridgehead atoms. The Labute approximate surface area is 118 Å². The number of carbonyl (C=O) groups excluding carboxylic acids is 2.